The molecule has 6 nitrogen and oxygen atoms in total. The Hall–Kier alpha value is -1.95. The van der Waals surface area contributed by atoms with Crippen LogP contribution in [0.25, 0.3) is 0 Å². The Morgan fingerprint density at radius 3 is 2.57 bits per heavy atom. The first-order valence-corrected chi connectivity index (χ1v) is 10.7. The third-order valence-electron chi connectivity index (χ3n) is 6.62. The SMILES string of the molecule is O=C(Cc1cccnc1)N1CCC2(CC1)CC(CC(=O)N1CCCC1)CCO2. The van der Waals surface area contributed by atoms with Crippen molar-refractivity contribution in [3.63, 3.8) is 0 Å². The van der Waals surface area contributed by atoms with E-state index in [0.717, 1.165) is 76.9 Å². The molecule has 3 fully saturated rings. The van der Waals surface area contributed by atoms with Crippen molar-refractivity contribution >= 4 is 11.8 Å². The van der Waals surface area contributed by atoms with Gasteiger partial charge in [-0.25, -0.2) is 0 Å². The topological polar surface area (TPSA) is 62.7 Å². The summed E-state index contributed by atoms with van der Waals surface area (Å²) < 4.78 is 6.22. The van der Waals surface area contributed by atoms with Crippen molar-refractivity contribution in [2.45, 2.75) is 57.0 Å². The molecule has 0 N–H and O–H groups in total. The van der Waals surface area contributed by atoms with Gasteiger partial charge in [-0.2, -0.15) is 0 Å². The number of piperidine rings is 1. The summed E-state index contributed by atoms with van der Waals surface area (Å²) in [5, 5.41) is 0. The van der Waals surface area contributed by atoms with Crippen molar-refractivity contribution in [1.82, 2.24) is 14.8 Å². The molecule has 1 unspecified atom stereocenters. The lowest BCUT2D eigenvalue weighted by molar-refractivity contribution is -0.149. The van der Waals surface area contributed by atoms with Gasteiger partial charge in [-0.15, -0.1) is 0 Å². The van der Waals surface area contributed by atoms with E-state index in [2.05, 4.69) is 4.98 Å². The molecule has 1 spiro atoms. The maximum atomic E-state index is 12.6. The zero-order valence-electron chi connectivity index (χ0n) is 16.6. The quantitative estimate of drug-likeness (QED) is 0.799. The molecule has 3 aliphatic rings. The Bertz CT molecular complexity index is 680. The van der Waals surface area contributed by atoms with E-state index in [1.807, 2.05) is 21.9 Å². The summed E-state index contributed by atoms with van der Waals surface area (Å²) in [6.45, 7) is 4.09. The number of carbonyl (C=O) groups excluding carboxylic acids is 2. The van der Waals surface area contributed by atoms with E-state index in [4.69, 9.17) is 4.74 Å². The van der Waals surface area contributed by atoms with Gasteiger partial charge in [0, 0.05) is 51.6 Å². The predicted molar refractivity (Wildman–Crippen MR) is 106 cm³/mol. The molecular formula is C22H31N3O3. The standard InChI is InChI=1S/C22H31N3O3/c26-20(24-9-1-2-10-24)14-18-5-13-28-22(16-18)6-11-25(12-7-22)21(27)15-19-4-3-8-23-17-19/h3-4,8,17-18H,1-2,5-7,9-16H2. The number of rotatable bonds is 4. The lowest BCUT2D eigenvalue weighted by atomic mass is 9.78. The molecule has 0 bridgehead atoms. The predicted octanol–water partition coefficient (Wildman–Crippen LogP) is 2.42. The highest BCUT2D eigenvalue weighted by atomic mass is 16.5. The molecule has 6 heteroatoms. The molecule has 1 aromatic heterocycles. The summed E-state index contributed by atoms with van der Waals surface area (Å²) in [5.41, 5.74) is 0.821. The van der Waals surface area contributed by atoms with Crippen LogP contribution in [0.1, 0.15) is 50.5 Å². The number of amides is 2. The molecule has 0 radical (unpaired) electrons. The minimum Gasteiger partial charge on any atom is -0.375 e. The smallest absolute Gasteiger partial charge is 0.227 e. The highest BCUT2D eigenvalue weighted by molar-refractivity contribution is 5.79. The zero-order valence-corrected chi connectivity index (χ0v) is 16.6. The van der Waals surface area contributed by atoms with Crippen LogP contribution in [0.15, 0.2) is 24.5 Å². The molecule has 0 aromatic carbocycles. The summed E-state index contributed by atoms with van der Waals surface area (Å²) in [6.07, 6.45) is 10.5. The van der Waals surface area contributed by atoms with Gasteiger partial charge in [-0.1, -0.05) is 6.07 Å². The lowest BCUT2D eigenvalue weighted by Gasteiger charge is -2.46. The van der Waals surface area contributed by atoms with E-state index in [0.29, 0.717) is 24.7 Å². The molecule has 1 aromatic rings. The monoisotopic (exact) mass is 385 g/mol. The second-order valence-corrected chi connectivity index (χ2v) is 8.60. The van der Waals surface area contributed by atoms with E-state index in [-0.39, 0.29) is 11.5 Å². The molecular weight excluding hydrogens is 354 g/mol. The van der Waals surface area contributed by atoms with Gasteiger partial charge in [-0.05, 0) is 56.1 Å². The van der Waals surface area contributed by atoms with Crippen molar-refractivity contribution < 1.29 is 14.3 Å². The van der Waals surface area contributed by atoms with Crippen molar-refractivity contribution in [1.29, 1.82) is 0 Å². The van der Waals surface area contributed by atoms with E-state index < -0.39 is 0 Å². The Labute approximate surface area is 167 Å². The van der Waals surface area contributed by atoms with E-state index in [1.165, 1.54) is 0 Å². The number of hydrogen-bond acceptors (Lipinski definition) is 4. The number of carbonyl (C=O) groups is 2. The van der Waals surface area contributed by atoms with Gasteiger partial charge in [0.1, 0.15) is 0 Å². The molecule has 3 aliphatic heterocycles. The maximum absolute atomic E-state index is 12.6. The molecule has 2 amide bonds. The van der Waals surface area contributed by atoms with Gasteiger partial charge in [0.2, 0.25) is 11.8 Å². The van der Waals surface area contributed by atoms with E-state index >= 15 is 0 Å². The summed E-state index contributed by atoms with van der Waals surface area (Å²) in [4.78, 5) is 33.2. The summed E-state index contributed by atoms with van der Waals surface area (Å²) in [5.74, 6) is 0.905. The Kier molecular flexibility index (Phi) is 5.95. The average Bonchev–Trinajstić information content (AvgIpc) is 3.24. The third-order valence-corrected chi connectivity index (χ3v) is 6.62. The molecule has 3 saturated heterocycles. The number of ether oxygens (including phenoxy) is 1. The molecule has 0 saturated carbocycles. The van der Waals surface area contributed by atoms with Crippen LogP contribution < -0.4 is 0 Å². The van der Waals surface area contributed by atoms with Gasteiger partial charge in [0.25, 0.3) is 0 Å². The fourth-order valence-electron chi connectivity index (χ4n) is 4.95. The minimum atomic E-state index is -0.140. The van der Waals surface area contributed by atoms with Gasteiger partial charge in [0.15, 0.2) is 0 Å². The van der Waals surface area contributed by atoms with Gasteiger partial charge >= 0.3 is 0 Å². The highest BCUT2D eigenvalue weighted by Gasteiger charge is 2.41. The van der Waals surface area contributed by atoms with E-state index in [1.54, 1.807) is 12.4 Å². The summed E-state index contributed by atoms with van der Waals surface area (Å²) >= 11 is 0. The Morgan fingerprint density at radius 2 is 1.86 bits per heavy atom. The number of nitrogens with zero attached hydrogens (tertiary/aromatic N) is 3. The molecule has 4 heterocycles. The first-order chi connectivity index (χ1) is 13.6. The molecule has 1 atom stereocenters. The Balaban J connectivity index is 1.28. The van der Waals surface area contributed by atoms with Crippen molar-refractivity contribution in [2.24, 2.45) is 5.92 Å². The lowest BCUT2D eigenvalue weighted by Crippen LogP contribution is -2.51. The van der Waals surface area contributed by atoms with Gasteiger partial charge in [-0.3, -0.25) is 14.6 Å². The average molecular weight is 386 g/mol. The molecule has 4 rings (SSSR count). The van der Waals surface area contributed by atoms with Crippen LogP contribution in [-0.4, -0.2) is 65.0 Å². The second-order valence-electron chi connectivity index (χ2n) is 8.60. The maximum Gasteiger partial charge on any atom is 0.227 e. The third kappa shape index (κ3) is 4.54. The zero-order chi connectivity index (χ0) is 19.4. The number of pyridine rings is 1. The van der Waals surface area contributed by atoms with Crippen molar-refractivity contribution in [3.8, 4) is 0 Å². The summed E-state index contributed by atoms with van der Waals surface area (Å²) in [6, 6.07) is 3.82. The van der Waals surface area contributed by atoms with Crippen LogP contribution in [0.2, 0.25) is 0 Å². The fourth-order valence-corrected chi connectivity index (χ4v) is 4.95. The normalized spacial score (nSPS) is 24.5. The van der Waals surface area contributed by atoms with Crippen LogP contribution >= 0.6 is 0 Å². The van der Waals surface area contributed by atoms with Crippen LogP contribution in [0.3, 0.4) is 0 Å². The second kappa shape index (κ2) is 8.60. The first-order valence-electron chi connectivity index (χ1n) is 10.7. The highest BCUT2D eigenvalue weighted by Crippen LogP contribution is 2.39. The van der Waals surface area contributed by atoms with Gasteiger partial charge in [0.05, 0.1) is 12.0 Å². The molecule has 28 heavy (non-hydrogen) atoms. The van der Waals surface area contributed by atoms with Crippen molar-refractivity contribution in [2.75, 3.05) is 32.8 Å². The number of hydrogen-bond donors (Lipinski definition) is 0. The fraction of sp³-hybridized carbons (Fsp3) is 0.682. The van der Waals surface area contributed by atoms with Crippen molar-refractivity contribution in [3.05, 3.63) is 30.1 Å². The summed E-state index contributed by atoms with van der Waals surface area (Å²) in [7, 11) is 0. The van der Waals surface area contributed by atoms with Gasteiger partial charge < -0.3 is 14.5 Å². The molecule has 0 aliphatic carbocycles. The van der Waals surface area contributed by atoms with Crippen LogP contribution in [0, 0.1) is 5.92 Å². The minimum absolute atomic E-state index is 0.140. The Morgan fingerprint density at radius 1 is 1.11 bits per heavy atom. The van der Waals surface area contributed by atoms with Crippen LogP contribution in [0.5, 0.6) is 0 Å². The number of likely N-dealkylation sites (tertiary alicyclic amines) is 2. The number of aromatic nitrogens is 1. The van der Waals surface area contributed by atoms with E-state index in [9.17, 15) is 9.59 Å². The first kappa shape index (κ1) is 19.4. The largest absolute Gasteiger partial charge is 0.375 e. The van der Waals surface area contributed by atoms with Crippen LogP contribution in [0.4, 0.5) is 0 Å². The van der Waals surface area contributed by atoms with Crippen LogP contribution in [-0.2, 0) is 20.7 Å². The molecule has 152 valence electrons.